The lowest BCUT2D eigenvalue weighted by Gasteiger charge is -2.36. The van der Waals surface area contributed by atoms with Crippen molar-refractivity contribution in [3.63, 3.8) is 0 Å². The van der Waals surface area contributed by atoms with Crippen molar-refractivity contribution in [2.45, 2.75) is 96.4 Å². The normalized spacial score (nSPS) is 21.7. The molecule has 4 rings (SSSR count). The molecule has 2 aliphatic rings. The van der Waals surface area contributed by atoms with E-state index >= 15 is 0 Å². The van der Waals surface area contributed by atoms with Gasteiger partial charge < -0.3 is 45.1 Å². The molecule has 4 atom stereocenters. The van der Waals surface area contributed by atoms with E-state index in [1.165, 1.54) is 6.42 Å². The molecule has 12 heteroatoms. The number of hydrogen-bond acceptors (Lipinski definition) is 7. The monoisotopic (exact) mass is 681 g/mol. The number of rotatable bonds is 8. The Labute approximate surface area is 290 Å². The largest absolute Gasteiger partial charge is 0.497 e. The second-order valence-corrected chi connectivity index (χ2v) is 13.5. The van der Waals surface area contributed by atoms with Crippen molar-refractivity contribution >= 4 is 29.3 Å². The Balaban J connectivity index is 1.55. The van der Waals surface area contributed by atoms with Gasteiger partial charge in [0.1, 0.15) is 11.5 Å². The van der Waals surface area contributed by atoms with Crippen LogP contribution in [0, 0.1) is 5.92 Å². The maximum Gasteiger partial charge on any atom is 0.323 e. The fraction of sp³-hybridized carbons (Fsp3) is 0.595. The lowest BCUT2D eigenvalue weighted by molar-refractivity contribution is -0.0123. The highest BCUT2D eigenvalue weighted by Gasteiger charge is 2.31. The second kappa shape index (κ2) is 18.7. The third-order valence-corrected chi connectivity index (χ3v) is 9.39. The first-order valence-electron chi connectivity index (χ1n) is 17.7. The highest BCUT2D eigenvalue weighted by molar-refractivity contribution is 6.02. The van der Waals surface area contributed by atoms with Crippen LogP contribution in [-0.2, 0) is 4.74 Å². The lowest BCUT2D eigenvalue weighted by Crippen LogP contribution is -2.50. The number of nitrogens with one attached hydrogen (secondary N) is 3. The Kier molecular flexibility index (Phi) is 14.4. The average molecular weight is 682 g/mol. The predicted molar refractivity (Wildman–Crippen MR) is 191 cm³/mol. The molecule has 5 amide bonds. The van der Waals surface area contributed by atoms with Gasteiger partial charge >= 0.3 is 12.1 Å². The van der Waals surface area contributed by atoms with Crippen LogP contribution in [0.25, 0.3) is 0 Å². The van der Waals surface area contributed by atoms with Crippen molar-refractivity contribution < 1.29 is 33.7 Å². The minimum absolute atomic E-state index is 0.116. The standard InChI is InChI=1S/C37H55N5O7/c1-25-22-42(26(2)24-43)35(44)32-21-30(39-36(45)38-29-14-17-31(47-5)18-15-29)16-19-33(32)49-27(3)11-9-10-20-48-34(25)23-41(4)37(46)40-28-12-7-6-8-13-28/h14-19,21,25-28,34,43H,6-13,20,22-24H2,1-5H3,(H,40,46)(H2,38,39,45)/t25-,26-,27+,34+/m1/s1. The van der Waals surface area contributed by atoms with Gasteiger partial charge in [-0.25, -0.2) is 9.59 Å². The molecule has 0 spiro atoms. The molecule has 2 aromatic carbocycles. The van der Waals surface area contributed by atoms with E-state index in [-0.39, 0.29) is 54.8 Å². The first-order chi connectivity index (χ1) is 23.6. The smallest absolute Gasteiger partial charge is 0.323 e. The third-order valence-electron chi connectivity index (χ3n) is 9.39. The molecule has 0 radical (unpaired) electrons. The highest BCUT2D eigenvalue weighted by Crippen LogP contribution is 2.29. The number of likely N-dealkylation sites (N-methyl/N-ethyl adjacent to an activating group) is 1. The maximum atomic E-state index is 14.4. The summed E-state index contributed by atoms with van der Waals surface area (Å²) < 4.78 is 17.9. The lowest BCUT2D eigenvalue weighted by atomic mass is 9.96. The van der Waals surface area contributed by atoms with Gasteiger partial charge in [-0.2, -0.15) is 0 Å². The first-order valence-corrected chi connectivity index (χ1v) is 17.7. The quantitative estimate of drug-likeness (QED) is 0.264. The van der Waals surface area contributed by atoms with Crippen LogP contribution >= 0.6 is 0 Å². The van der Waals surface area contributed by atoms with Gasteiger partial charge in [-0.05, 0) is 88.4 Å². The molecule has 0 saturated heterocycles. The second-order valence-electron chi connectivity index (χ2n) is 13.5. The van der Waals surface area contributed by atoms with Gasteiger partial charge in [0.2, 0.25) is 0 Å². The number of carbonyl (C=O) groups excluding carboxylic acids is 3. The van der Waals surface area contributed by atoms with Gasteiger partial charge in [-0.3, -0.25) is 4.79 Å². The molecule has 12 nitrogen and oxygen atoms in total. The van der Waals surface area contributed by atoms with Crippen LogP contribution in [0.3, 0.4) is 0 Å². The number of nitrogens with zero attached hydrogens (tertiary/aromatic N) is 2. The summed E-state index contributed by atoms with van der Waals surface area (Å²) in [5.41, 5.74) is 1.27. The number of amides is 5. The average Bonchev–Trinajstić information content (AvgIpc) is 3.10. The van der Waals surface area contributed by atoms with E-state index in [2.05, 4.69) is 16.0 Å². The minimum Gasteiger partial charge on any atom is -0.497 e. The van der Waals surface area contributed by atoms with Crippen LogP contribution < -0.4 is 25.4 Å². The fourth-order valence-electron chi connectivity index (χ4n) is 6.32. The Bertz CT molecular complexity index is 1370. The summed E-state index contributed by atoms with van der Waals surface area (Å²) in [5, 5.41) is 19.0. The van der Waals surface area contributed by atoms with Gasteiger partial charge in [0.05, 0.1) is 37.5 Å². The summed E-state index contributed by atoms with van der Waals surface area (Å²) in [6, 6.07) is 11.1. The zero-order valence-corrected chi connectivity index (χ0v) is 29.7. The van der Waals surface area contributed by atoms with Crippen LogP contribution in [0.2, 0.25) is 0 Å². The summed E-state index contributed by atoms with van der Waals surface area (Å²) in [7, 11) is 3.36. The number of aliphatic hydroxyl groups is 1. The van der Waals surface area contributed by atoms with Crippen LogP contribution in [0.1, 0.15) is 82.5 Å². The molecule has 49 heavy (non-hydrogen) atoms. The Morgan fingerprint density at radius 2 is 1.67 bits per heavy atom. The maximum absolute atomic E-state index is 14.4. The van der Waals surface area contributed by atoms with E-state index in [1.54, 1.807) is 73.3 Å². The molecule has 0 aromatic heterocycles. The molecule has 1 saturated carbocycles. The predicted octanol–water partition coefficient (Wildman–Crippen LogP) is 6.11. The SMILES string of the molecule is COc1ccc(NC(=O)Nc2ccc3c(c2)C(=O)N([C@H](C)CO)C[C@@H](C)[C@H](CN(C)C(=O)NC2CCCCC2)OCCCC[C@H](C)O3)cc1. The molecule has 0 unspecified atom stereocenters. The van der Waals surface area contributed by atoms with Gasteiger partial charge in [0.25, 0.3) is 5.91 Å². The number of methoxy groups -OCH3 is 1. The zero-order chi connectivity index (χ0) is 35.3. The summed E-state index contributed by atoms with van der Waals surface area (Å²) >= 11 is 0. The summed E-state index contributed by atoms with van der Waals surface area (Å²) in [6.45, 7) is 6.68. The molecule has 270 valence electrons. The number of hydrogen-bond donors (Lipinski definition) is 4. The van der Waals surface area contributed by atoms with Crippen molar-refractivity contribution in [1.82, 2.24) is 15.1 Å². The summed E-state index contributed by atoms with van der Waals surface area (Å²) in [6.07, 6.45) is 7.39. The number of benzene rings is 2. The van der Waals surface area contributed by atoms with Crippen molar-refractivity contribution in [2.24, 2.45) is 5.92 Å². The van der Waals surface area contributed by atoms with E-state index in [1.807, 2.05) is 13.8 Å². The van der Waals surface area contributed by atoms with Crippen molar-refractivity contribution in [3.05, 3.63) is 48.0 Å². The molecule has 0 bridgehead atoms. The molecular formula is C37H55N5O7. The summed E-state index contributed by atoms with van der Waals surface area (Å²) in [4.78, 5) is 43.7. The van der Waals surface area contributed by atoms with Gasteiger partial charge in [0, 0.05) is 50.1 Å². The number of anilines is 2. The van der Waals surface area contributed by atoms with Crippen LogP contribution in [0.5, 0.6) is 11.5 Å². The van der Waals surface area contributed by atoms with E-state index in [4.69, 9.17) is 14.2 Å². The molecule has 1 heterocycles. The Morgan fingerprint density at radius 3 is 2.37 bits per heavy atom. The number of ether oxygens (including phenoxy) is 3. The number of fused-ring (bicyclic) bond motifs is 1. The van der Waals surface area contributed by atoms with Crippen molar-refractivity contribution in [2.75, 3.05) is 51.1 Å². The van der Waals surface area contributed by atoms with E-state index in [0.29, 0.717) is 36.0 Å². The van der Waals surface area contributed by atoms with E-state index in [9.17, 15) is 19.5 Å². The van der Waals surface area contributed by atoms with Gasteiger partial charge in [0.15, 0.2) is 0 Å². The highest BCUT2D eigenvalue weighted by atomic mass is 16.5. The molecular weight excluding hydrogens is 626 g/mol. The molecule has 4 N–H and O–H groups in total. The van der Waals surface area contributed by atoms with E-state index in [0.717, 1.165) is 44.9 Å². The fourth-order valence-corrected chi connectivity index (χ4v) is 6.32. The summed E-state index contributed by atoms with van der Waals surface area (Å²) in [5.74, 6) is 0.566. The molecule has 2 aromatic rings. The molecule has 1 fully saturated rings. The Morgan fingerprint density at radius 1 is 1.00 bits per heavy atom. The van der Waals surface area contributed by atoms with E-state index < -0.39 is 12.1 Å². The first kappa shape index (κ1) is 37.8. The zero-order valence-electron chi connectivity index (χ0n) is 29.7. The molecule has 1 aliphatic carbocycles. The minimum atomic E-state index is -0.518. The van der Waals surface area contributed by atoms with Gasteiger partial charge in [-0.15, -0.1) is 0 Å². The molecule has 1 aliphatic heterocycles. The van der Waals surface area contributed by atoms with Crippen molar-refractivity contribution in [3.8, 4) is 11.5 Å². The number of urea groups is 2. The third kappa shape index (κ3) is 11.3. The van der Waals surface area contributed by atoms with Crippen LogP contribution in [-0.4, -0.2) is 97.6 Å². The number of aliphatic hydroxyl groups excluding tert-OH is 1. The van der Waals surface area contributed by atoms with Gasteiger partial charge in [-0.1, -0.05) is 26.2 Å². The van der Waals surface area contributed by atoms with Crippen molar-refractivity contribution in [1.29, 1.82) is 0 Å². The topological polar surface area (TPSA) is 142 Å². The number of carbonyl (C=O) groups is 3. The Hall–Kier alpha value is -4.03. The van der Waals surface area contributed by atoms with Crippen LogP contribution in [0.4, 0.5) is 21.0 Å². The van der Waals surface area contributed by atoms with Crippen LogP contribution in [0.15, 0.2) is 42.5 Å².